The predicted molar refractivity (Wildman–Crippen MR) is 104 cm³/mol. The molecular formula is C20H27N5O2. The SMILES string of the molecule is CC(C)c1nccc(CN2CCCN(C(=O)c3ccc(=O)n(C)c3)CC2)n1. The minimum Gasteiger partial charge on any atom is -0.337 e. The maximum Gasteiger partial charge on any atom is 0.255 e. The van der Waals surface area contributed by atoms with Gasteiger partial charge in [0.2, 0.25) is 5.56 Å². The summed E-state index contributed by atoms with van der Waals surface area (Å²) in [5.41, 5.74) is 1.47. The molecule has 27 heavy (non-hydrogen) atoms. The molecule has 0 aliphatic carbocycles. The molecule has 0 atom stereocenters. The summed E-state index contributed by atoms with van der Waals surface area (Å²) in [6.45, 7) is 8.07. The van der Waals surface area contributed by atoms with E-state index in [1.165, 1.54) is 10.6 Å². The second kappa shape index (κ2) is 8.43. The maximum absolute atomic E-state index is 12.8. The molecule has 0 radical (unpaired) electrons. The number of nitrogens with zero attached hydrogens (tertiary/aromatic N) is 5. The third kappa shape index (κ3) is 4.80. The van der Waals surface area contributed by atoms with Crippen molar-refractivity contribution in [1.82, 2.24) is 24.3 Å². The van der Waals surface area contributed by atoms with Gasteiger partial charge in [-0.05, 0) is 18.6 Å². The second-order valence-electron chi connectivity index (χ2n) is 7.35. The normalized spacial score (nSPS) is 15.8. The van der Waals surface area contributed by atoms with E-state index in [-0.39, 0.29) is 11.5 Å². The standard InChI is InChI=1S/C20H27N5O2/c1-15(2)19-21-8-7-17(22-19)14-24-9-4-10-25(12-11-24)20(27)16-5-6-18(26)23(3)13-16/h5-8,13,15H,4,9-12,14H2,1-3H3. The zero-order chi connectivity index (χ0) is 19.4. The van der Waals surface area contributed by atoms with Gasteiger partial charge in [-0.2, -0.15) is 0 Å². The highest BCUT2D eigenvalue weighted by molar-refractivity contribution is 5.93. The lowest BCUT2D eigenvalue weighted by Crippen LogP contribution is -2.35. The van der Waals surface area contributed by atoms with Crippen LogP contribution >= 0.6 is 0 Å². The van der Waals surface area contributed by atoms with Crippen LogP contribution in [0.15, 0.2) is 35.4 Å². The number of pyridine rings is 1. The number of hydrogen-bond donors (Lipinski definition) is 0. The molecule has 7 heteroatoms. The Labute approximate surface area is 159 Å². The van der Waals surface area contributed by atoms with Crippen molar-refractivity contribution in [3.05, 3.63) is 58.0 Å². The molecule has 144 valence electrons. The molecule has 1 aliphatic heterocycles. The first-order valence-corrected chi connectivity index (χ1v) is 9.44. The Hall–Kier alpha value is -2.54. The van der Waals surface area contributed by atoms with Crippen molar-refractivity contribution in [2.24, 2.45) is 7.05 Å². The molecule has 2 aromatic heterocycles. The van der Waals surface area contributed by atoms with Crippen LogP contribution in [0.4, 0.5) is 0 Å². The van der Waals surface area contributed by atoms with Gasteiger partial charge in [-0.3, -0.25) is 14.5 Å². The van der Waals surface area contributed by atoms with Crippen LogP contribution in [0, 0.1) is 0 Å². The lowest BCUT2D eigenvalue weighted by molar-refractivity contribution is 0.0760. The van der Waals surface area contributed by atoms with Gasteiger partial charge in [-0.25, -0.2) is 9.97 Å². The third-order valence-electron chi connectivity index (χ3n) is 4.84. The van der Waals surface area contributed by atoms with Crippen molar-refractivity contribution >= 4 is 5.91 Å². The molecular weight excluding hydrogens is 342 g/mol. The topological polar surface area (TPSA) is 71.3 Å². The van der Waals surface area contributed by atoms with Gasteiger partial charge in [-0.1, -0.05) is 13.8 Å². The fourth-order valence-electron chi connectivity index (χ4n) is 3.24. The molecule has 1 saturated heterocycles. The molecule has 0 bridgehead atoms. The first-order valence-electron chi connectivity index (χ1n) is 9.44. The summed E-state index contributed by atoms with van der Waals surface area (Å²) in [6.07, 6.45) is 4.35. The van der Waals surface area contributed by atoms with Crippen molar-refractivity contribution in [3.63, 3.8) is 0 Å². The van der Waals surface area contributed by atoms with Crippen LogP contribution in [0.1, 0.15) is 48.1 Å². The average molecular weight is 369 g/mol. The number of aromatic nitrogens is 3. The highest BCUT2D eigenvalue weighted by Gasteiger charge is 2.21. The van der Waals surface area contributed by atoms with Gasteiger partial charge < -0.3 is 9.47 Å². The Morgan fingerprint density at radius 3 is 2.70 bits per heavy atom. The van der Waals surface area contributed by atoms with Crippen LogP contribution < -0.4 is 5.56 Å². The van der Waals surface area contributed by atoms with E-state index in [1.54, 1.807) is 19.3 Å². The van der Waals surface area contributed by atoms with E-state index >= 15 is 0 Å². The van der Waals surface area contributed by atoms with Gasteiger partial charge in [0.15, 0.2) is 0 Å². The third-order valence-corrected chi connectivity index (χ3v) is 4.84. The molecule has 0 N–H and O–H groups in total. The molecule has 1 aliphatic rings. The Balaban J connectivity index is 1.63. The van der Waals surface area contributed by atoms with Crippen molar-refractivity contribution in [2.75, 3.05) is 26.2 Å². The predicted octanol–water partition coefficient (Wildman–Crippen LogP) is 1.65. The summed E-state index contributed by atoms with van der Waals surface area (Å²) in [5, 5.41) is 0. The van der Waals surface area contributed by atoms with Crippen LogP contribution in [0.2, 0.25) is 0 Å². The fourth-order valence-corrected chi connectivity index (χ4v) is 3.24. The van der Waals surface area contributed by atoms with Crippen molar-refractivity contribution < 1.29 is 4.79 Å². The maximum atomic E-state index is 12.8. The summed E-state index contributed by atoms with van der Waals surface area (Å²) in [7, 11) is 1.66. The van der Waals surface area contributed by atoms with Crippen molar-refractivity contribution in [3.8, 4) is 0 Å². The monoisotopic (exact) mass is 369 g/mol. The quantitative estimate of drug-likeness (QED) is 0.819. The molecule has 7 nitrogen and oxygen atoms in total. The summed E-state index contributed by atoms with van der Waals surface area (Å²) >= 11 is 0. The Morgan fingerprint density at radius 1 is 1.15 bits per heavy atom. The Bertz CT molecular complexity index is 861. The smallest absolute Gasteiger partial charge is 0.255 e. The van der Waals surface area contributed by atoms with Crippen molar-refractivity contribution in [1.29, 1.82) is 0 Å². The van der Waals surface area contributed by atoms with Gasteiger partial charge in [-0.15, -0.1) is 0 Å². The molecule has 1 fully saturated rings. The molecule has 3 rings (SSSR count). The van der Waals surface area contributed by atoms with E-state index in [0.29, 0.717) is 18.0 Å². The van der Waals surface area contributed by atoms with E-state index in [0.717, 1.165) is 44.1 Å². The first-order chi connectivity index (χ1) is 12.9. The minimum atomic E-state index is -0.112. The Kier molecular flexibility index (Phi) is 6.01. The molecule has 0 unspecified atom stereocenters. The van der Waals surface area contributed by atoms with Gasteiger partial charge in [0, 0.05) is 64.1 Å². The average Bonchev–Trinajstić information content (AvgIpc) is 2.89. The number of amides is 1. The lowest BCUT2D eigenvalue weighted by atomic mass is 10.2. The molecule has 0 saturated carbocycles. The van der Waals surface area contributed by atoms with Crippen LogP contribution in [-0.2, 0) is 13.6 Å². The first kappa shape index (κ1) is 19.2. The second-order valence-corrected chi connectivity index (χ2v) is 7.35. The molecule has 0 spiro atoms. The van der Waals surface area contributed by atoms with Crippen LogP contribution in [0.25, 0.3) is 0 Å². The number of carbonyl (C=O) groups excluding carboxylic acids is 1. The number of carbonyl (C=O) groups is 1. The summed E-state index contributed by atoms with van der Waals surface area (Å²) in [6, 6.07) is 5.02. The lowest BCUT2D eigenvalue weighted by Gasteiger charge is -2.22. The largest absolute Gasteiger partial charge is 0.337 e. The van der Waals surface area contributed by atoms with Gasteiger partial charge in [0.1, 0.15) is 5.82 Å². The Morgan fingerprint density at radius 2 is 1.96 bits per heavy atom. The summed E-state index contributed by atoms with van der Waals surface area (Å²) in [5.74, 6) is 1.16. The van der Waals surface area contributed by atoms with E-state index in [1.807, 2.05) is 17.2 Å². The number of aryl methyl sites for hydroxylation is 1. The van der Waals surface area contributed by atoms with Gasteiger partial charge in [0.25, 0.3) is 5.91 Å². The van der Waals surface area contributed by atoms with E-state index in [2.05, 4.69) is 28.7 Å². The highest BCUT2D eigenvalue weighted by atomic mass is 16.2. The zero-order valence-corrected chi connectivity index (χ0v) is 16.3. The summed E-state index contributed by atoms with van der Waals surface area (Å²) in [4.78, 5) is 37.5. The number of rotatable bonds is 4. The number of hydrogen-bond acceptors (Lipinski definition) is 5. The molecule has 3 heterocycles. The zero-order valence-electron chi connectivity index (χ0n) is 16.3. The highest BCUT2D eigenvalue weighted by Crippen LogP contribution is 2.13. The molecule has 2 aromatic rings. The van der Waals surface area contributed by atoms with Gasteiger partial charge in [0.05, 0.1) is 11.3 Å². The van der Waals surface area contributed by atoms with E-state index < -0.39 is 0 Å². The van der Waals surface area contributed by atoms with Crippen molar-refractivity contribution in [2.45, 2.75) is 32.7 Å². The molecule has 1 amide bonds. The fraction of sp³-hybridized carbons (Fsp3) is 0.500. The molecule has 0 aromatic carbocycles. The van der Waals surface area contributed by atoms with Crippen LogP contribution in [0.3, 0.4) is 0 Å². The van der Waals surface area contributed by atoms with Crippen LogP contribution in [0.5, 0.6) is 0 Å². The minimum absolute atomic E-state index is 0.0171. The van der Waals surface area contributed by atoms with E-state index in [9.17, 15) is 9.59 Å². The van der Waals surface area contributed by atoms with E-state index in [4.69, 9.17) is 0 Å². The van der Waals surface area contributed by atoms with Crippen LogP contribution in [-0.4, -0.2) is 56.4 Å². The summed E-state index contributed by atoms with van der Waals surface area (Å²) < 4.78 is 1.44. The van der Waals surface area contributed by atoms with Gasteiger partial charge >= 0.3 is 0 Å².